The Labute approximate surface area is 133 Å². The lowest BCUT2D eigenvalue weighted by Crippen LogP contribution is -2.03. The van der Waals surface area contributed by atoms with E-state index in [9.17, 15) is 0 Å². The molecule has 0 spiro atoms. The predicted molar refractivity (Wildman–Crippen MR) is 88.9 cm³/mol. The van der Waals surface area contributed by atoms with E-state index in [0.717, 1.165) is 28.4 Å². The van der Waals surface area contributed by atoms with Crippen LogP contribution in [0.3, 0.4) is 0 Å². The van der Waals surface area contributed by atoms with Crippen molar-refractivity contribution >= 4 is 17.3 Å². The number of rotatable bonds is 4. The van der Waals surface area contributed by atoms with Gasteiger partial charge in [0.25, 0.3) is 0 Å². The molecule has 0 aliphatic carbocycles. The summed E-state index contributed by atoms with van der Waals surface area (Å²) in [7, 11) is 0. The van der Waals surface area contributed by atoms with Gasteiger partial charge in [-0.15, -0.1) is 0 Å². The Morgan fingerprint density at radius 3 is 2.45 bits per heavy atom. The summed E-state index contributed by atoms with van der Waals surface area (Å²) >= 11 is 5.87. The zero-order valence-electron chi connectivity index (χ0n) is 12.1. The van der Waals surface area contributed by atoms with Crippen LogP contribution in [0.4, 0.5) is 5.69 Å². The van der Waals surface area contributed by atoms with Crippen molar-refractivity contribution in [2.24, 2.45) is 0 Å². The fourth-order valence-corrected chi connectivity index (χ4v) is 2.25. The van der Waals surface area contributed by atoms with Gasteiger partial charge in [-0.3, -0.25) is 5.10 Å². The van der Waals surface area contributed by atoms with Crippen molar-refractivity contribution in [1.82, 2.24) is 10.2 Å². The number of H-pyrrole nitrogens is 1. The molecule has 112 valence electrons. The standard InChI is InChI=1S/C17H16ClN3O/c1-11(22-15-8-4-13(18)5-9-15)16-10-17(21-20-16)12-2-6-14(19)7-3-12/h2-11H,19H2,1H3,(H,20,21). The quantitative estimate of drug-likeness (QED) is 0.699. The van der Waals surface area contributed by atoms with E-state index in [1.54, 1.807) is 12.1 Å². The maximum Gasteiger partial charge on any atom is 0.137 e. The summed E-state index contributed by atoms with van der Waals surface area (Å²) < 4.78 is 5.87. The van der Waals surface area contributed by atoms with Gasteiger partial charge in [0.1, 0.15) is 11.9 Å². The molecule has 5 heteroatoms. The number of hydrogen-bond acceptors (Lipinski definition) is 3. The van der Waals surface area contributed by atoms with Crippen LogP contribution in [0.2, 0.25) is 5.02 Å². The van der Waals surface area contributed by atoms with E-state index in [0.29, 0.717) is 5.02 Å². The summed E-state index contributed by atoms with van der Waals surface area (Å²) in [6.45, 7) is 1.97. The second-order valence-corrected chi connectivity index (χ2v) is 5.48. The molecule has 2 aromatic carbocycles. The molecule has 3 rings (SSSR count). The molecule has 1 heterocycles. The largest absolute Gasteiger partial charge is 0.484 e. The Morgan fingerprint density at radius 1 is 1.09 bits per heavy atom. The lowest BCUT2D eigenvalue weighted by Gasteiger charge is -2.12. The number of nitrogen functional groups attached to an aromatic ring is 1. The van der Waals surface area contributed by atoms with Gasteiger partial charge >= 0.3 is 0 Å². The van der Waals surface area contributed by atoms with Gasteiger partial charge in [-0.1, -0.05) is 23.7 Å². The zero-order valence-corrected chi connectivity index (χ0v) is 12.8. The summed E-state index contributed by atoms with van der Waals surface area (Å²) in [6, 6.07) is 16.9. The second kappa shape index (κ2) is 6.12. The van der Waals surface area contributed by atoms with Crippen molar-refractivity contribution in [2.75, 3.05) is 5.73 Å². The third kappa shape index (κ3) is 3.23. The number of benzene rings is 2. The number of nitrogens with two attached hydrogens (primary N) is 1. The molecule has 0 saturated carbocycles. The second-order valence-electron chi connectivity index (χ2n) is 5.04. The first-order chi connectivity index (χ1) is 10.6. The summed E-state index contributed by atoms with van der Waals surface area (Å²) in [5.74, 6) is 0.764. The lowest BCUT2D eigenvalue weighted by molar-refractivity contribution is 0.222. The van der Waals surface area contributed by atoms with Gasteiger partial charge in [0, 0.05) is 16.3 Å². The minimum atomic E-state index is -0.142. The van der Waals surface area contributed by atoms with E-state index < -0.39 is 0 Å². The van der Waals surface area contributed by atoms with Crippen molar-refractivity contribution in [2.45, 2.75) is 13.0 Å². The van der Waals surface area contributed by atoms with Crippen LogP contribution >= 0.6 is 11.6 Å². The van der Waals surface area contributed by atoms with Gasteiger partial charge in [0.05, 0.1) is 11.4 Å². The van der Waals surface area contributed by atoms with Crippen molar-refractivity contribution in [3.63, 3.8) is 0 Å². The van der Waals surface area contributed by atoms with Crippen LogP contribution in [0.1, 0.15) is 18.7 Å². The van der Waals surface area contributed by atoms with Crippen LogP contribution in [0.15, 0.2) is 54.6 Å². The van der Waals surface area contributed by atoms with Gasteiger partial charge < -0.3 is 10.5 Å². The molecule has 0 radical (unpaired) electrons. The molecule has 4 nitrogen and oxygen atoms in total. The van der Waals surface area contributed by atoms with Crippen molar-refractivity contribution in [1.29, 1.82) is 0 Å². The van der Waals surface area contributed by atoms with E-state index in [-0.39, 0.29) is 6.10 Å². The fraction of sp³-hybridized carbons (Fsp3) is 0.118. The number of anilines is 1. The minimum absolute atomic E-state index is 0.142. The highest BCUT2D eigenvalue weighted by Gasteiger charge is 2.12. The number of nitrogens with zero attached hydrogens (tertiary/aromatic N) is 1. The number of nitrogens with one attached hydrogen (secondary N) is 1. The maximum atomic E-state index is 5.87. The third-order valence-electron chi connectivity index (χ3n) is 3.37. The molecular weight excluding hydrogens is 298 g/mol. The molecule has 0 fully saturated rings. The van der Waals surface area contributed by atoms with Crippen LogP contribution in [0.5, 0.6) is 5.75 Å². The number of hydrogen-bond donors (Lipinski definition) is 2. The van der Waals surface area contributed by atoms with E-state index in [2.05, 4.69) is 10.2 Å². The molecule has 1 atom stereocenters. The molecule has 0 saturated heterocycles. The molecule has 22 heavy (non-hydrogen) atoms. The first-order valence-corrected chi connectivity index (χ1v) is 7.33. The van der Waals surface area contributed by atoms with E-state index in [4.69, 9.17) is 22.1 Å². The normalized spacial score (nSPS) is 12.1. The molecule has 0 amide bonds. The topological polar surface area (TPSA) is 63.9 Å². The summed E-state index contributed by atoms with van der Waals surface area (Å²) in [4.78, 5) is 0. The van der Waals surface area contributed by atoms with Crippen molar-refractivity contribution < 1.29 is 4.74 Å². The molecule has 0 aliphatic heterocycles. The Kier molecular flexibility index (Phi) is 4.02. The Hall–Kier alpha value is -2.46. The number of ether oxygens (including phenoxy) is 1. The first kappa shape index (κ1) is 14.5. The zero-order chi connectivity index (χ0) is 15.5. The summed E-state index contributed by atoms with van der Waals surface area (Å²) in [5, 5.41) is 8.03. The first-order valence-electron chi connectivity index (χ1n) is 6.95. The van der Waals surface area contributed by atoms with Gasteiger partial charge in [0.2, 0.25) is 0 Å². The highest BCUT2D eigenvalue weighted by Crippen LogP contribution is 2.25. The number of aromatic nitrogens is 2. The summed E-state index contributed by atoms with van der Waals surface area (Å²) in [6.07, 6.45) is -0.142. The summed E-state index contributed by atoms with van der Waals surface area (Å²) in [5.41, 5.74) is 9.21. The Balaban J connectivity index is 1.75. The molecule has 3 aromatic rings. The smallest absolute Gasteiger partial charge is 0.137 e. The Morgan fingerprint density at radius 2 is 1.77 bits per heavy atom. The monoisotopic (exact) mass is 313 g/mol. The van der Waals surface area contributed by atoms with Gasteiger partial charge in [-0.25, -0.2) is 0 Å². The maximum absolute atomic E-state index is 5.87. The molecule has 3 N–H and O–H groups in total. The highest BCUT2D eigenvalue weighted by molar-refractivity contribution is 6.30. The lowest BCUT2D eigenvalue weighted by atomic mass is 10.1. The SMILES string of the molecule is CC(Oc1ccc(Cl)cc1)c1cc(-c2ccc(N)cc2)n[nH]1. The average Bonchev–Trinajstić information content (AvgIpc) is 3.00. The van der Waals surface area contributed by atoms with Crippen LogP contribution in [-0.2, 0) is 0 Å². The Bertz CT molecular complexity index is 750. The molecule has 1 unspecified atom stereocenters. The molecular formula is C17H16ClN3O. The molecule has 0 bridgehead atoms. The number of aromatic amines is 1. The van der Waals surface area contributed by atoms with E-state index in [1.165, 1.54) is 0 Å². The minimum Gasteiger partial charge on any atom is -0.484 e. The molecule has 1 aromatic heterocycles. The fourth-order valence-electron chi connectivity index (χ4n) is 2.13. The van der Waals surface area contributed by atoms with Crippen molar-refractivity contribution in [3.05, 3.63) is 65.3 Å². The van der Waals surface area contributed by atoms with Crippen molar-refractivity contribution in [3.8, 4) is 17.0 Å². The van der Waals surface area contributed by atoms with Crippen LogP contribution in [0.25, 0.3) is 11.3 Å². The van der Waals surface area contributed by atoms with E-state index in [1.807, 2.05) is 49.4 Å². The van der Waals surface area contributed by atoms with Crippen LogP contribution in [0, 0.1) is 0 Å². The highest BCUT2D eigenvalue weighted by atomic mass is 35.5. The van der Waals surface area contributed by atoms with Crippen LogP contribution in [-0.4, -0.2) is 10.2 Å². The van der Waals surface area contributed by atoms with Crippen LogP contribution < -0.4 is 10.5 Å². The predicted octanol–water partition coefficient (Wildman–Crippen LogP) is 4.45. The third-order valence-corrected chi connectivity index (χ3v) is 3.62. The van der Waals surface area contributed by atoms with Gasteiger partial charge in [-0.2, -0.15) is 5.10 Å². The van der Waals surface area contributed by atoms with Gasteiger partial charge in [0.15, 0.2) is 0 Å². The van der Waals surface area contributed by atoms with E-state index >= 15 is 0 Å². The molecule has 0 aliphatic rings. The number of halogens is 1. The van der Waals surface area contributed by atoms with Gasteiger partial charge in [-0.05, 0) is 49.4 Å². The average molecular weight is 314 g/mol.